The second-order valence-corrected chi connectivity index (χ2v) is 7.67. The highest BCUT2D eigenvalue weighted by Gasteiger charge is 2.15. The molecule has 3 N–H and O–H groups in total. The summed E-state index contributed by atoms with van der Waals surface area (Å²) in [5.41, 5.74) is 13.2. The first-order valence-corrected chi connectivity index (χ1v) is 10.3. The van der Waals surface area contributed by atoms with E-state index < -0.39 is 0 Å². The van der Waals surface area contributed by atoms with Crippen LogP contribution in [0.1, 0.15) is 29.5 Å². The van der Waals surface area contributed by atoms with Crippen LogP contribution in [0.4, 0.5) is 0 Å². The first-order chi connectivity index (χ1) is 14.2. The third kappa shape index (κ3) is 4.20. The van der Waals surface area contributed by atoms with Gasteiger partial charge in [0.15, 0.2) is 0 Å². The lowest BCUT2D eigenvalue weighted by Gasteiger charge is -2.09. The molecule has 0 aliphatic heterocycles. The number of ether oxygens (including phenoxy) is 1. The van der Waals surface area contributed by atoms with Crippen LogP contribution in [-0.4, -0.2) is 11.5 Å². The predicted octanol–water partition coefficient (Wildman–Crippen LogP) is 6.53. The van der Waals surface area contributed by atoms with Crippen LogP contribution < -0.4 is 10.5 Å². The number of aryl methyl sites for hydroxylation is 3. The van der Waals surface area contributed by atoms with Crippen molar-refractivity contribution in [2.75, 3.05) is 6.54 Å². The van der Waals surface area contributed by atoms with Gasteiger partial charge in [0.2, 0.25) is 0 Å². The van der Waals surface area contributed by atoms with Gasteiger partial charge in [-0.2, -0.15) is 0 Å². The molecule has 3 nitrogen and oxygen atoms in total. The van der Waals surface area contributed by atoms with Crippen LogP contribution in [0.15, 0.2) is 66.7 Å². The van der Waals surface area contributed by atoms with Gasteiger partial charge in [0.25, 0.3) is 0 Å². The van der Waals surface area contributed by atoms with Crippen LogP contribution in [0.3, 0.4) is 0 Å². The molecule has 0 atom stereocenters. The summed E-state index contributed by atoms with van der Waals surface area (Å²) >= 11 is 0. The molecule has 3 aromatic carbocycles. The van der Waals surface area contributed by atoms with E-state index in [0.29, 0.717) is 0 Å². The summed E-state index contributed by atoms with van der Waals surface area (Å²) in [6.45, 7) is 5.07. The smallest absolute Gasteiger partial charge is 0.128 e. The molecule has 0 aliphatic rings. The summed E-state index contributed by atoms with van der Waals surface area (Å²) < 4.78 is 6.07. The van der Waals surface area contributed by atoms with Crippen molar-refractivity contribution in [1.82, 2.24) is 4.98 Å². The molecule has 0 unspecified atom stereocenters. The summed E-state index contributed by atoms with van der Waals surface area (Å²) in [4.78, 5) is 3.71. The number of fused-ring (bicyclic) bond motifs is 1. The van der Waals surface area contributed by atoms with Gasteiger partial charge in [0.05, 0.1) is 0 Å². The van der Waals surface area contributed by atoms with Gasteiger partial charge in [-0.1, -0.05) is 42.0 Å². The molecule has 0 saturated heterocycles. The van der Waals surface area contributed by atoms with Crippen molar-refractivity contribution in [2.45, 2.75) is 33.1 Å². The molecule has 0 spiro atoms. The number of hydrogen-bond acceptors (Lipinski definition) is 2. The summed E-state index contributed by atoms with van der Waals surface area (Å²) in [6.07, 6.45) is 3.14. The lowest BCUT2D eigenvalue weighted by atomic mass is 9.98. The zero-order valence-electron chi connectivity index (χ0n) is 17.2. The minimum atomic E-state index is 0.732. The molecule has 148 valence electrons. The highest BCUT2D eigenvalue weighted by atomic mass is 16.5. The van der Waals surface area contributed by atoms with Crippen LogP contribution in [0.25, 0.3) is 22.2 Å². The van der Waals surface area contributed by atoms with Gasteiger partial charge in [-0.15, -0.1) is 0 Å². The van der Waals surface area contributed by atoms with Crippen molar-refractivity contribution >= 4 is 10.9 Å². The number of unbranched alkanes of at least 4 members (excludes halogenated alkanes) is 1. The van der Waals surface area contributed by atoms with Crippen molar-refractivity contribution < 1.29 is 4.74 Å². The van der Waals surface area contributed by atoms with Crippen molar-refractivity contribution in [3.8, 4) is 22.8 Å². The van der Waals surface area contributed by atoms with E-state index in [1.165, 1.54) is 33.3 Å². The Hall–Kier alpha value is -3.04. The van der Waals surface area contributed by atoms with E-state index >= 15 is 0 Å². The van der Waals surface area contributed by atoms with Crippen molar-refractivity contribution in [2.24, 2.45) is 5.73 Å². The number of nitrogens with one attached hydrogen (secondary N) is 1. The Balaban J connectivity index is 1.77. The molecule has 0 radical (unpaired) electrons. The third-order valence-corrected chi connectivity index (χ3v) is 5.34. The average molecular weight is 385 g/mol. The molecule has 0 aliphatic carbocycles. The van der Waals surface area contributed by atoms with Crippen LogP contribution in [0.2, 0.25) is 0 Å². The Morgan fingerprint density at radius 3 is 2.45 bits per heavy atom. The molecule has 29 heavy (non-hydrogen) atoms. The average Bonchev–Trinajstić information content (AvgIpc) is 3.08. The molecule has 4 aromatic rings. The molecular formula is C26H28N2O. The largest absolute Gasteiger partial charge is 0.457 e. The molecule has 1 heterocycles. The molecule has 4 rings (SSSR count). The maximum Gasteiger partial charge on any atom is 0.128 e. The first-order valence-electron chi connectivity index (χ1n) is 10.3. The second-order valence-electron chi connectivity index (χ2n) is 7.67. The Bertz CT molecular complexity index is 1110. The SMILES string of the molecule is Cc1cc(C)c2[nH]c(-c3cccc(Oc4ccccc4)c3)c(CCCCN)c2c1. The number of rotatable bonds is 7. The van der Waals surface area contributed by atoms with E-state index in [1.807, 2.05) is 36.4 Å². The van der Waals surface area contributed by atoms with E-state index in [9.17, 15) is 0 Å². The number of nitrogens with two attached hydrogens (primary N) is 1. The van der Waals surface area contributed by atoms with E-state index in [1.54, 1.807) is 0 Å². The highest BCUT2D eigenvalue weighted by molar-refractivity contribution is 5.93. The fourth-order valence-electron chi connectivity index (χ4n) is 4.00. The number of H-pyrrole nitrogens is 1. The van der Waals surface area contributed by atoms with E-state index in [-0.39, 0.29) is 0 Å². The Morgan fingerprint density at radius 1 is 0.862 bits per heavy atom. The topological polar surface area (TPSA) is 51.0 Å². The standard InChI is InChI=1S/C26H28N2O/c1-18-15-19(2)25-24(16-18)23(13-6-7-14-27)26(28-25)20-9-8-12-22(17-20)29-21-10-4-3-5-11-21/h3-5,8-12,15-17,28H,6-7,13-14,27H2,1-2H3. The highest BCUT2D eigenvalue weighted by Crippen LogP contribution is 2.35. The van der Waals surface area contributed by atoms with Crippen LogP contribution in [0.5, 0.6) is 11.5 Å². The normalized spacial score (nSPS) is 11.1. The summed E-state index contributed by atoms with van der Waals surface area (Å²) in [6, 6.07) is 22.8. The van der Waals surface area contributed by atoms with Crippen LogP contribution >= 0.6 is 0 Å². The fourth-order valence-corrected chi connectivity index (χ4v) is 4.00. The molecule has 0 saturated carbocycles. The zero-order valence-corrected chi connectivity index (χ0v) is 17.2. The van der Waals surface area contributed by atoms with Gasteiger partial charge in [-0.3, -0.25) is 0 Å². The summed E-state index contributed by atoms with van der Waals surface area (Å²) in [5.74, 6) is 1.68. The monoisotopic (exact) mass is 384 g/mol. The maximum absolute atomic E-state index is 6.07. The number of hydrogen-bond donors (Lipinski definition) is 2. The van der Waals surface area contributed by atoms with E-state index in [0.717, 1.165) is 42.9 Å². The van der Waals surface area contributed by atoms with Gasteiger partial charge < -0.3 is 15.5 Å². The molecule has 3 heteroatoms. The molecule has 1 aromatic heterocycles. The number of para-hydroxylation sites is 1. The fraction of sp³-hybridized carbons (Fsp3) is 0.231. The van der Waals surface area contributed by atoms with Crippen molar-refractivity contribution in [1.29, 1.82) is 0 Å². The minimum absolute atomic E-state index is 0.732. The first kappa shape index (κ1) is 19.3. The Labute approximate surface area is 172 Å². The van der Waals surface area contributed by atoms with Crippen LogP contribution in [-0.2, 0) is 6.42 Å². The Morgan fingerprint density at radius 2 is 1.66 bits per heavy atom. The minimum Gasteiger partial charge on any atom is -0.457 e. The molecule has 0 amide bonds. The quantitative estimate of drug-likeness (QED) is 0.356. The van der Waals surface area contributed by atoms with Gasteiger partial charge in [-0.05, 0) is 81.1 Å². The molecule has 0 fully saturated rings. The van der Waals surface area contributed by atoms with Gasteiger partial charge >= 0.3 is 0 Å². The second kappa shape index (κ2) is 8.54. The maximum atomic E-state index is 6.07. The lowest BCUT2D eigenvalue weighted by Crippen LogP contribution is -1.99. The number of aromatic nitrogens is 1. The molecular weight excluding hydrogens is 356 g/mol. The van der Waals surface area contributed by atoms with E-state index in [4.69, 9.17) is 10.5 Å². The lowest BCUT2D eigenvalue weighted by molar-refractivity contribution is 0.483. The van der Waals surface area contributed by atoms with Crippen molar-refractivity contribution in [3.63, 3.8) is 0 Å². The van der Waals surface area contributed by atoms with Crippen molar-refractivity contribution in [3.05, 3.63) is 83.4 Å². The summed E-state index contributed by atoms with van der Waals surface area (Å²) in [7, 11) is 0. The Kier molecular flexibility index (Phi) is 5.68. The zero-order chi connectivity index (χ0) is 20.2. The van der Waals surface area contributed by atoms with E-state index in [2.05, 4.69) is 49.2 Å². The molecule has 0 bridgehead atoms. The summed E-state index contributed by atoms with van der Waals surface area (Å²) in [5, 5.41) is 1.32. The predicted molar refractivity (Wildman–Crippen MR) is 122 cm³/mol. The van der Waals surface area contributed by atoms with Crippen LogP contribution in [0, 0.1) is 13.8 Å². The number of aromatic amines is 1. The van der Waals surface area contributed by atoms with Gasteiger partial charge in [0, 0.05) is 22.2 Å². The van der Waals surface area contributed by atoms with Gasteiger partial charge in [-0.25, -0.2) is 0 Å². The van der Waals surface area contributed by atoms with Gasteiger partial charge in [0.1, 0.15) is 11.5 Å². The number of benzene rings is 3. The third-order valence-electron chi connectivity index (χ3n) is 5.34.